The molecule has 8 heteroatoms. The van der Waals surface area contributed by atoms with Gasteiger partial charge in [-0.3, -0.25) is 9.69 Å². The van der Waals surface area contributed by atoms with Crippen LogP contribution in [0.1, 0.15) is 35.1 Å². The fourth-order valence-corrected chi connectivity index (χ4v) is 5.45. The van der Waals surface area contributed by atoms with Gasteiger partial charge >= 0.3 is 5.97 Å². The molecule has 2 heterocycles. The van der Waals surface area contributed by atoms with Gasteiger partial charge in [0.15, 0.2) is 0 Å². The fraction of sp³-hybridized carbons (Fsp3) is 0.435. The van der Waals surface area contributed by atoms with Crippen molar-refractivity contribution in [3.63, 3.8) is 0 Å². The smallest absolute Gasteiger partial charge is 0.321 e. The first-order chi connectivity index (χ1) is 15.0. The second-order valence-electron chi connectivity index (χ2n) is 8.12. The number of carboxylic acid groups (broad SMARTS) is 1. The van der Waals surface area contributed by atoms with E-state index >= 15 is 0 Å². The van der Waals surface area contributed by atoms with E-state index in [0.717, 1.165) is 22.0 Å². The number of ether oxygens (including phenoxy) is 3. The first-order valence-electron chi connectivity index (χ1n) is 10.5. The monoisotopic (exact) mass is 491 g/mol. The van der Waals surface area contributed by atoms with Crippen molar-refractivity contribution in [1.29, 1.82) is 0 Å². The summed E-state index contributed by atoms with van der Waals surface area (Å²) in [4.78, 5) is 14.0. The average Bonchev–Trinajstić information content (AvgIpc) is 3.37. The Kier molecular flexibility index (Phi) is 5.62. The molecule has 2 aliphatic heterocycles. The lowest BCUT2D eigenvalue weighted by Crippen LogP contribution is -2.50. The number of halogens is 2. The van der Waals surface area contributed by atoms with Crippen LogP contribution in [0.5, 0.6) is 11.5 Å². The molecule has 1 fully saturated rings. The van der Waals surface area contributed by atoms with Crippen LogP contribution in [-0.2, 0) is 16.0 Å². The Hall–Kier alpha value is -2.16. The summed E-state index contributed by atoms with van der Waals surface area (Å²) in [6.45, 7) is 2.55. The highest BCUT2D eigenvalue weighted by Crippen LogP contribution is 2.43. The van der Waals surface area contributed by atoms with Crippen LogP contribution in [-0.4, -0.2) is 54.9 Å². The lowest BCUT2D eigenvalue weighted by molar-refractivity contribution is -0.146. The van der Waals surface area contributed by atoms with E-state index in [1.165, 1.54) is 6.07 Å². The van der Waals surface area contributed by atoms with E-state index in [2.05, 4.69) is 15.9 Å². The third kappa shape index (κ3) is 3.81. The van der Waals surface area contributed by atoms with Crippen molar-refractivity contribution in [2.75, 3.05) is 32.9 Å². The van der Waals surface area contributed by atoms with E-state index in [1.54, 1.807) is 12.1 Å². The van der Waals surface area contributed by atoms with Crippen molar-refractivity contribution in [2.45, 2.75) is 30.9 Å². The number of carboxylic acids is 1. The van der Waals surface area contributed by atoms with Crippen LogP contribution in [0.15, 0.2) is 34.8 Å². The third-order valence-corrected chi connectivity index (χ3v) is 7.12. The van der Waals surface area contributed by atoms with Crippen LogP contribution in [0.2, 0.25) is 0 Å². The molecule has 1 aliphatic carbocycles. The maximum absolute atomic E-state index is 14.4. The molecule has 0 bridgehead atoms. The van der Waals surface area contributed by atoms with Crippen molar-refractivity contribution in [1.82, 2.24) is 4.90 Å². The maximum atomic E-state index is 14.4. The van der Waals surface area contributed by atoms with Crippen LogP contribution < -0.4 is 9.47 Å². The quantitative estimate of drug-likeness (QED) is 0.683. The Morgan fingerprint density at radius 2 is 2.06 bits per heavy atom. The van der Waals surface area contributed by atoms with E-state index < -0.39 is 12.0 Å². The van der Waals surface area contributed by atoms with Gasteiger partial charge in [-0.15, -0.1) is 0 Å². The highest BCUT2D eigenvalue weighted by Gasteiger charge is 2.40. The normalized spacial score (nSPS) is 23.7. The number of hydrogen-bond donors (Lipinski definition) is 1. The number of hydrogen-bond acceptors (Lipinski definition) is 5. The number of aliphatic carboxylic acids is 1. The molecule has 164 valence electrons. The number of rotatable bonds is 5. The van der Waals surface area contributed by atoms with Crippen molar-refractivity contribution in [2.24, 2.45) is 0 Å². The van der Waals surface area contributed by atoms with Gasteiger partial charge in [-0.2, -0.15) is 0 Å². The molecule has 1 unspecified atom stereocenters. The second kappa shape index (κ2) is 8.41. The van der Waals surface area contributed by atoms with Crippen LogP contribution >= 0.6 is 15.9 Å². The van der Waals surface area contributed by atoms with Gasteiger partial charge in [-0.05, 0) is 36.6 Å². The van der Waals surface area contributed by atoms with E-state index in [4.69, 9.17) is 14.2 Å². The highest BCUT2D eigenvalue weighted by molar-refractivity contribution is 9.10. The summed E-state index contributed by atoms with van der Waals surface area (Å²) in [5.41, 5.74) is 2.43. The summed E-state index contributed by atoms with van der Waals surface area (Å²) in [7, 11) is 0. The molecule has 0 saturated carbocycles. The maximum Gasteiger partial charge on any atom is 0.321 e. The molecule has 0 aromatic heterocycles. The SMILES string of the molecule is O=C(O)C([C@H]1COc2cc(O[C@@H]3CCc4c(Br)ccc(F)c43)ccc21)N1CCOCC1. The molecule has 0 spiro atoms. The standard InChI is InChI=1S/C23H23BrFNO5/c24-17-4-5-18(25)21-15(17)3-6-19(21)31-13-1-2-14-16(12-30-20(14)11-13)22(23(27)28)26-7-9-29-10-8-26/h1-2,4-5,11,16,19,22H,3,6-10,12H2,(H,27,28)/t16-,19+,22?/m0/s1. The van der Waals surface area contributed by atoms with Crippen LogP contribution in [0.3, 0.4) is 0 Å². The summed E-state index contributed by atoms with van der Waals surface area (Å²) >= 11 is 3.50. The average molecular weight is 492 g/mol. The van der Waals surface area contributed by atoms with Gasteiger partial charge in [-0.25, -0.2) is 4.39 Å². The molecule has 3 atom stereocenters. The van der Waals surface area contributed by atoms with E-state index in [1.807, 2.05) is 17.0 Å². The van der Waals surface area contributed by atoms with Gasteiger partial charge in [0.1, 0.15) is 29.5 Å². The zero-order chi connectivity index (χ0) is 21.5. The van der Waals surface area contributed by atoms with Crippen molar-refractivity contribution in [3.05, 3.63) is 57.3 Å². The zero-order valence-corrected chi connectivity index (χ0v) is 18.4. The molecule has 1 saturated heterocycles. The molecule has 31 heavy (non-hydrogen) atoms. The molecule has 2 aromatic carbocycles. The molecule has 5 rings (SSSR count). The van der Waals surface area contributed by atoms with Gasteiger partial charge in [0.05, 0.1) is 19.8 Å². The fourth-order valence-electron chi connectivity index (χ4n) is 4.90. The molecular weight excluding hydrogens is 469 g/mol. The molecule has 6 nitrogen and oxygen atoms in total. The summed E-state index contributed by atoms with van der Waals surface area (Å²) in [5.74, 6) is -0.148. The summed E-state index contributed by atoms with van der Waals surface area (Å²) < 4.78 is 32.7. The van der Waals surface area contributed by atoms with Crippen molar-refractivity contribution in [3.8, 4) is 11.5 Å². The third-order valence-electron chi connectivity index (χ3n) is 6.38. The number of morpholine rings is 1. The molecule has 2 aromatic rings. The van der Waals surface area contributed by atoms with E-state index in [9.17, 15) is 14.3 Å². The van der Waals surface area contributed by atoms with Gasteiger partial charge < -0.3 is 19.3 Å². The Morgan fingerprint density at radius 3 is 2.84 bits per heavy atom. The highest BCUT2D eigenvalue weighted by atomic mass is 79.9. The largest absolute Gasteiger partial charge is 0.492 e. The molecule has 0 radical (unpaired) electrons. The molecular formula is C23H23BrFNO5. The Labute approximate surface area is 188 Å². The topological polar surface area (TPSA) is 68.2 Å². The van der Waals surface area contributed by atoms with Crippen LogP contribution in [0, 0.1) is 5.82 Å². The number of carbonyl (C=O) groups is 1. The Balaban J connectivity index is 1.37. The summed E-state index contributed by atoms with van der Waals surface area (Å²) in [5, 5.41) is 9.90. The number of benzene rings is 2. The number of fused-ring (bicyclic) bond motifs is 2. The Morgan fingerprint density at radius 1 is 1.26 bits per heavy atom. The molecule has 3 aliphatic rings. The minimum Gasteiger partial charge on any atom is -0.492 e. The van der Waals surface area contributed by atoms with Gasteiger partial charge in [0.2, 0.25) is 0 Å². The first-order valence-corrected chi connectivity index (χ1v) is 11.3. The zero-order valence-electron chi connectivity index (χ0n) is 16.9. The van der Waals surface area contributed by atoms with Gasteiger partial charge in [0.25, 0.3) is 0 Å². The first kappa shape index (κ1) is 20.7. The van der Waals surface area contributed by atoms with E-state index in [-0.39, 0.29) is 17.8 Å². The summed E-state index contributed by atoms with van der Waals surface area (Å²) in [6, 6.07) is 8.02. The molecule has 0 amide bonds. The van der Waals surface area contributed by atoms with Crippen LogP contribution in [0.4, 0.5) is 4.39 Å². The van der Waals surface area contributed by atoms with E-state index in [0.29, 0.717) is 56.4 Å². The predicted octanol–water partition coefficient (Wildman–Crippen LogP) is 3.92. The predicted molar refractivity (Wildman–Crippen MR) is 114 cm³/mol. The summed E-state index contributed by atoms with van der Waals surface area (Å²) in [6.07, 6.45) is 1.10. The number of nitrogens with zero attached hydrogens (tertiary/aromatic N) is 1. The lowest BCUT2D eigenvalue weighted by Gasteiger charge is -2.34. The second-order valence-corrected chi connectivity index (χ2v) is 8.97. The Bertz CT molecular complexity index is 1010. The van der Waals surface area contributed by atoms with Gasteiger partial charge in [-0.1, -0.05) is 22.0 Å². The van der Waals surface area contributed by atoms with Crippen molar-refractivity contribution < 1.29 is 28.5 Å². The van der Waals surface area contributed by atoms with Crippen molar-refractivity contribution >= 4 is 21.9 Å². The minimum absolute atomic E-state index is 0.256. The lowest BCUT2D eigenvalue weighted by atomic mass is 9.91. The molecule has 1 N–H and O–H groups in total. The van der Waals surface area contributed by atoms with Gasteiger partial charge in [0, 0.05) is 40.7 Å². The van der Waals surface area contributed by atoms with Crippen LogP contribution in [0.25, 0.3) is 0 Å². The minimum atomic E-state index is -0.854.